The number of hydrogen-bond donors (Lipinski definition) is 1. The van der Waals surface area contributed by atoms with Gasteiger partial charge in [-0.25, -0.2) is 4.39 Å². The van der Waals surface area contributed by atoms with Crippen LogP contribution in [0.1, 0.15) is 15.9 Å². The molecule has 18 heavy (non-hydrogen) atoms. The lowest BCUT2D eigenvalue weighted by Gasteiger charge is -1.97. The zero-order chi connectivity index (χ0) is 13.0. The van der Waals surface area contributed by atoms with E-state index in [1.165, 1.54) is 18.2 Å². The molecule has 0 atom stereocenters. The predicted octanol–water partition coefficient (Wildman–Crippen LogP) is 3.30. The summed E-state index contributed by atoms with van der Waals surface area (Å²) in [5, 5.41) is 0. The Bertz CT molecular complexity index is 570. The molecule has 0 aliphatic carbocycles. The third kappa shape index (κ3) is 3.04. The predicted molar refractivity (Wildman–Crippen MR) is 70.6 cm³/mol. The van der Waals surface area contributed by atoms with Gasteiger partial charge in [-0.15, -0.1) is 0 Å². The molecule has 0 amide bonds. The number of hydrogen-bond acceptors (Lipinski definition) is 2. The molecule has 2 N–H and O–H groups in total. The maximum absolute atomic E-state index is 12.7. The maximum Gasteiger partial charge on any atom is 0.185 e. The van der Waals surface area contributed by atoms with Crippen LogP contribution in [-0.2, 0) is 0 Å². The summed E-state index contributed by atoms with van der Waals surface area (Å²) in [6, 6.07) is 12.6. The molecule has 0 aliphatic heterocycles. The smallest absolute Gasteiger partial charge is 0.185 e. The van der Waals surface area contributed by atoms with E-state index in [-0.39, 0.29) is 11.6 Å². The lowest BCUT2D eigenvalue weighted by molar-refractivity contribution is 0.104. The summed E-state index contributed by atoms with van der Waals surface area (Å²) >= 11 is 0. The minimum atomic E-state index is -0.294. The fraction of sp³-hybridized carbons (Fsp3) is 0. The Morgan fingerprint density at radius 2 is 1.61 bits per heavy atom. The van der Waals surface area contributed by atoms with Crippen LogP contribution in [0.3, 0.4) is 0 Å². The van der Waals surface area contributed by atoms with E-state index < -0.39 is 0 Å². The van der Waals surface area contributed by atoms with Crippen LogP contribution in [0.25, 0.3) is 6.08 Å². The Balaban J connectivity index is 2.11. The van der Waals surface area contributed by atoms with Crippen LogP contribution in [-0.4, -0.2) is 5.78 Å². The van der Waals surface area contributed by atoms with E-state index in [1.807, 2.05) is 0 Å². The van der Waals surface area contributed by atoms with Crippen LogP contribution in [0.2, 0.25) is 0 Å². The highest BCUT2D eigenvalue weighted by Crippen LogP contribution is 2.09. The average molecular weight is 241 g/mol. The monoisotopic (exact) mass is 241 g/mol. The van der Waals surface area contributed by atoms with E-state index in [0.29, 0.717) is 11.3 Å². The Hall–Kier alpha value is -2.42. The zero-order valence-corrected chi connectivity index (χ0v) is 9.64. The average Bonchev–Trinajstić information content (AvgIpc) is 2.38. The molecule has 0 aromatic heterocycles. The quantitative estimate of drug-likeness (QED) is 0.509. The Morgan fingerprint density at radius 1 is 1.00 bits per heavy atom. The van der Waals surface area contributed by atoms with Crippen LogP contribution in [0.4, 0.5) is 10.1 Å². The van der Waals surface area contributed by atoms with Crippen LogP contribution in [0.15, 0.2) is 54.6 Å². The second kappa shape index (κ2) is 5.27. The molecule has 90 valence electrons. The van der Waals surface area contributed by atoms with Crippen LogP contribution >= 0.6 is 0 Å². The highest BCUT2D eigenvalue weighted by atomic mass is 19.1. The van der Waals surface area contributed by atoms with E-state index in [2.05, 4.69) is 0 Å². The highest BCUT2D eigenvalue weighted by molar-refractivity contribution is 6.06. The molecule has 0 fully saturated rings. The minimum absolute atomic E-state index is 0.112. The number of benzene rings is 2. The van der Waals surface area contributed by atoms with Crippen molar-refractivity contribution in [3.05, 3.63) is 71.6 Å². The summed E-state index contributed by atoms with van der Waals surface area (Å²) in [6.07, 6.45) is 3.11. The number of nitrogen functional groups attached to an aromatic ring is 1. The zero-order valence-electron chi connectivity index (χ0n) is 9.64. The molecule has 0 bridgehead atoms. The van der Waals surface area contributed by atoms with Crippen molar-refractivity contribution in [2.75, 3.05) is 5.73 Å². The van der Waals surface area contributed by atoms with Crippen molar-refractivity contribution in [2.24, 2.45) is 0 Å². The van der Waals surface area contributed by atoms with Crippen molar-refractivity contribution < 1.29 is 9.18 Å². The van der Waals surface area contributed by atoms with Gasteiger partial charge in [-0.1, -0.05) is 18.2 Å². The van der Waals surface area contributed by atoms with Crippen molar-refractivity contribution in [3.8, 4) is 0 Å². The van der Waals surface area contributed by atoms with E-state index in [0.717, 1.165) is 5.56 Å². The molecule has 0 heterocycles. The standard InChI is InChI=1S/C15H12FNO/c16-13-6-1-11(2-7-13)3-10-15(18)12-4-8-14(17)9-5-12/h1-10H,17H2/b10-3+. The second-order valence-corrected chi connectivity index (χ2v) is 3.87. The van der Waals surface area contributed by atoms with E-state index in [4.69, 9.17) is 5.73 Å². The van der Waals surface area contributed by atoms with Crippen molar-refractivity contribution in [1.82, 2.24) is 0 Å². The molecule has 0 saturated heterocycles. The lowest BCUT2D eigenvalue weighted by Crippen LogP contribution is -1.94. The molecule has 2 aromatic carbocycles. The normalized spacial score (nSPS) is 10.7. The summed E-state index contributed by atoms with van der Waals surface area (Å²) in [5.74, 6) is -0.406. The molecule has 0 radical (unpaired) electrons. The van der Waals surface area contributed by atoms with E-state index in [9.17, 15) is 9.18 Å². The largest absolute Gasteiger partial charge is 0.399 e. The molecule has 0 unspecified atom stereocenters. The number of halogens is 1. The molecule has 0 spiro atoms. The van der Waals surface area contributed by atoms with Gasteiger partial charge in [-0.2, -0.15) is 0 Å². The van der Waals surface area contributed by atoms with E-state index >= 15 is 0 Å². The number of carbonyl (C=O) groups excluding carboxylic acids is 1. The molecule has 2 aromatic rings. The highest BCUT2D eigenvalue weighted by Gasteiger charge is 2.00. The van der Waals surface area contributed by atoms with Gasteiger partial charge in [-0.05, 0) is 48.0 Å². The molecule has 3 heteroatoms. The van der Waals surface area contributed by atoms with Crippen LogP contribution in [0.5, 0.6) is 0 Å². The van der Waals surface area contributed by atoms with Crippen molar-refractivity contribution >= 4 is 17.5 Å². The SMILES string of the molecule is Nc1ccc(C(=O)/C=C/c2ccc(F)cc2)cc1. The first-order valence-electron chi connectivity index (χ1n) is 5.49. The third-order valence-corrected chi connectivity index (χ3v) is 2.49. The molecule has 2 nitrogen and oxygen atoms in total. The fourth-order valence-electron chi connectivity index (χ4n) is 1.49. The first-order valence-corrected chi connectivity index (χ1v) is 5.49. The number of carbonyl (C=O) groups is 1. The van der Waals surface area contributed by atoms with Gasteiger partial charge in [0.15, 0.2) is 5.78 Å². The molecular formula is C15H12FNO. The summed E-state index contributed by atoms with van der Waals surface area (Å²) in [5.41, 5.74) is 7.51. The number of ketones is 1. The summed E-state index contributed by atoms with van der Waals surface area (Å²) in [6.45, 7) is 0. The lowest BCUT2D eigenvalue weighted by atomic mass is 10.1. The number of nitrogens with two attached hydrogens (primary N) is 1. The van der Waals surface area contributed by atoms with Gasteiger partial charge in [0, 0.05) is 11.3 Å². The summed E-state index contributed by atoms with van der Waals surface area (Å²) in [4.78, 5) is 11.8. The third-order valence-electron chi connectivity index (χ3n) is 2.49. The topological polar surface area (TPSA) is 43.1 Å². The first-order chi connectivity index (χ1) is 8.65. The maximum atomic E-state index is 12.7. The molecule has 0 aliphatic rings. The van der Waals surface area contributed by atoms with Gasteiger partial charge in [0.25, 0.3) is 0 Å². The van der Waals surface area contributed by atoms with Crippen LogP contribution < -0.4 is 5.73 Å². The summed E-state index contributed by atoms with van der Waals surface area (Å²) < 4.78 is 12.7. The van der Waals surface area contributed by atoms with Crippen molar-refractivity contribution in [2.45, 2.75) is 0 Å². The van der Waals surface area contributed by atoms with Crippen LogP contribution in [0, 0.1) is 5.82 Å². The Labute approximate surface area is 105 Å². The van der Waals surface area contributed by atoms with Gasteiger partial charge < -0.3 is 5.73 Å². The van der Waals surface area contributed by atoms with Gasteiger partial charge in [0.05, 0.1) is 0 Å². The van der Waals surface area contributed by atoms with E-state index in [1.54, 1.807) is 42.5 Å². The Morgan fingerprint density at radius 3 is 2.22 bits per heavy atom. The molecule has 0 saturated carbocycles. The van der Waals surface area contributed by atoms with Crippen molar-refractivity contribution in [1.29, 1.82) is 0 Å². The Kier molecular flexibility index (Phi) is 3.53. The van der Waals surface area contributed by atoms with Crippen molar-refractivity contribution in [3.63, 3.8) is 0 Å². The molecule has 2 rings (SSSR count). The fourth-order valence-corrected chi connectivity index (χ4v) is 1.49. The minimum Gasteiger partial charge on any atom is -0.399 e. The number of anilines is 1. The van der Waals surface area contributed by atoms with Gasteiger partial charge in [0.2, 0.25) is 0 Å². The van der Waals surface area contributed by atoms with Gasteiger partial charge >= 0.3 is 0 Å². The molecular weight excluding hydrogens is 229 g/mol. The number of rotatable bonds is 3. The van der Waals surface area contributed by atoms with Gasteiger partial charge in [0.1, 0.15) is 5.82 Å². The first kappa shape index (κ1) is 12.0. The number of allylic oxidation sites excluding steroid dienone is 1. The second-order valence-electron chi connectivity index (χ2n) is 3.87. The summed E-state index contributed by atoms with van der Waals surface area (Å²) in [7, 11) is 0. The van der Waals surface area contributed by atoms with Gasteiger partial charge in [-0.3, -0.25) is 4.79 Å².